The Hall–Kier alpha value is -0.455. The van der Waals surface area contributed by atoms with Gasteiger partial charge in [0.15, 0.2) is 0 Å². The van der Waals surface area contributed by atoms with Gasteiger partial charge in [-0.3, -0.25) is 0 Å². The third kappa shape index (κ3) is 2.25. The first-order chi connectivity index (χ1) is 5.24. The van der Waals surface area contributed by atoms with Crippen molar-refractivity contribution in [3.05, 3.63) is 23.3 Å². The van der Waals surface area contributed by atoms with Gasteiger partial charge in [-0.15, -0.1) is 0 Å². The highest BCUT2D eigenvalue weighted by Gasteiger charge is 2.07. The van der Waals surface area contributed by atoms with E-state index in [9.17, 15) is 0 Å². The van der Waals surface area contributed by atoms with E-state index in [4.69, 9.17) is 7.85 Å². The van der Waals surface area contributed by atoms with Crippen LogP contribution < -0.4 is 0 Å². The summed E-state index contributed by atoms with van der Waals surface area (Å²) in [6, 6.07) is 0. The van der Waals surface area contributed by atoms with Crippen LogP contribution in [0.1, 0.15) is 26.7 Å². The van der Waals surface area contributed by atoms with Crippen molar-refractivity contribution in [1.82, 2.24) is 0 Å². The van der Waals surface area contributed by atoms with Crippen LogP contribution in [0.4, 0.5) is 0 Å². The van der Waals surface area contributed by atoms with Gasteiger partial charge in [0.1, 0.15) is 0 Å². The molecule has 58 valence electrons. The standard InChI is InChI=1S/C10H15B/c1-8(2)10-5-3-9(7-11)4-6-10/h3,5,8H,4,6-7H2,1-2H3. The molecular weight excluding hydrogens is 131 g/mol. The monoisotopic (exact) mass is 146 g/mol. The molecule has 0 fully saturated rings. The summed E-state index contributed by atoms with van der Waals surface area (Å²) in [4.78, 5) is 0. The molecule has 0 unspecified atom stereocenters. The lowest BCUT2D eigenvalue weighted by Gasteiger charge is -2.16. The molecule has 0 amide bonds. The summed E-state index contributed by atoms with van der Waals surface area (Å²) in [6.45, 7) is 4.49. The molecule has 0 saturated carbocycles. The number of hydrogen-bond donors (Lipinski definition) is 0. The molecule has 1 heteroatoms. The first-order valence-corrected chi connectivity index (χ1v) is 4.32. The Balaban J connectivity index is 2.61. The average Bonchev–Trinajstić information content (AvgIpc) is 2.05. The van der Waals surface area contributed by atoms with Crippen LogP contribution >= 0.6 is 0 Å². The first-order valence-electron chi connectivity index (χ1n) is 4.32. The second-order valence-electron chi connectivity index (χ2n) is 3.43. The van der Waals surface area contributed by atoms with Crippen molar-refractivity contribution < 1.29 is 0 Å². The van der Waals surface area contributed by atoms with E-state index in [0.29, 0.717) is 5.92 Å². The van der Waals surface area contributed by atoms with E-state index in [1.54, 1.807) is 5.57 Å². The molecule has 0 spiro atoms. The van der Waals surface area contributed by atoms with Crippen LogP contribution in [-0.4, -0.2) is 7.85 Å². The zero-order chi connectivity index (χ0) is 8.27. The molecule has 0 aromatic carbocycles. The third-order valence-electron chi connectivity index (χ3n) is 2.27. The van der Waals surface area contributed by atoms with Crippen LogP contribution in [0.3, 0.4) is 0 Å². The fourth-order valence-electron chi connectivity index (χ4n) is 1.35. The minimum atomic E-state index is 0.700. The molecule has 0 aromatic heterocycles. The van der Waals surface area contributed by atoms with E-state index in [-0.39, 0.29) is 0 Å². The van der Waals surface area contributed by atoms with Crippen molar-refractivity contribution >= 4 is 7.85 Å². The van der Waals surface area contributed by atoms with E-state index in [1.165, 1.54) is 18.4 Å². The fraction of sp³-hybridized carbons (Fsp3) is 0.600. The highest BCUT2D eigenvalue weighted by Crippen LogP contribution is 2.24. The summed E-state index contributed by atoms with van der Waals surface area (Å²) in [5.74, 6) is 0.700. The zero-order valence-corrected chi connectivity index (χ0v) is 7.43. The van der Waals surface area contributed by atoms with Crippen molar-refractivity contribution in [2.45, 2.75) is 33.0 Å². The molecule has 1 aliphatic rings. The molecule has 1 rings (SSSR count). The second-order valence-corrected chi connectivity index (χ2v) is 3.43. The highest BCUT2D eigenvalue weighted by molar-refractivity contribution is 6.10. The van der Waals surface area contributed by atoms with Crippen molar-refractivity contribution in [3.63, 3.8) is 0 Å². The van der Waals surface area contributed by atoms with Crippen LogP contribution in [0.2, 0.25) is 6.32 Å². The molecule has 0 bridgehead atoms. The molecule has 0 nitrogen and oxygen atoms in total. The molecule has 11 heavy (non-hydrogen) atoms. The Labute approximate surface area is 70.8 Å². The van der Waals surface area contributed by atoms with E-state index < -0.39 is 0 Å². The smallest absolute Gasteiger partial charge is 0.0712 e. The lowest BCUT2D eigenvalue weighted by atomic mass is 9.86. The van der Waals surface area contributed by atoms with E-state index in [1.807, 2.05) is 0 Å². The summed E-state index contributed by atoms with van der Waals surface area (Å²) in [7, 11) is 5.53. The van der Waals surface area contributed by atoms with Gasteiger partial charge >= 0.3 is 0 Å². The number of allylic oxidation sites excluding steroid dienone is 4. The molecule has 0 saturated heterocycles. The first kappa shape index (κ1) is 8.64. The summed E-state index contributed by atoms with van der Waals surface area (Å²) < 4.78 is 0. The van der Waals surface area contributed by atoms with Crippen molar-refractivity contribution in [2.24, 2.45) is 5.92 Å². The second kappa shape index (κ2) is 3.80. The summed E-state index contributed by atoms with van der Waals surface area (Å²) in [5, 5.41) is 0. The molecule has 0 atom stereocenters. The maximum Gasteiger partial charge on any atom is 0.0712 e. The van der Waals surface area contributed by atoms with Crippen LogP contribution in [-0.2, 0) is 0 Å². The SMILES string of the molecule is [B]CC1=CC=C(C(C)C)CC1. The summed E-state index contributed by atoms with van der Waals surface area (Å²) in [5.41, 5.74) is 2.94. The Kier molecular flexibility index (Phi) is 2.98. The molecule has 0 heterocycles. The molecule has 0 aromatic rings. The minimum Gasteiger partial charge on any atom is -0.0785 e. The molecule has 2 radical (unpaired) electrons. The van der Waals surface area contributed by atoms with Gasteiger partial charge in [-0.2, -0.15) is 0 Å². The van der Waals surface area contributed by atoms with Crippen molar-refractivity contribution in [1.29, 1.82) is 0 Å². The van der Waals surface area contributed by atoms with Crippen LogP contribution in [0.15, 0.2) is 23.3 Å². The fourth-order valence-corrected chi connectivity index (χ4v) is 1.35. The Morgan fingerprint density at radius 2 is 2.09 bits per heavy atom. The Morgan fingerprint density at radius 1 is 1.36 bits per heavy atom. The van der Waals surface area contributed by atoms with Crippen LogP contribution in [0.25, 0.3) is 0 Å². The topological polar surface area (TPSA) is 0 Å². The maximum absolute atomic E-state index is 5.53. The predicted octanol–water partition coefficient (Wildman–Crippen LogP) is 2.88. The van der Waals surface area contributed by atoms with Gasteiger partial charge in [-0.1, -0.05) is 43.5 Å². The third-order valence-corrected chi connectivity index (χ3v) is 2.27. The van der Waals surface area contributed by atoms with Gasteiger partial charge in [-0.25, -0.2) is 0 Å². The highest BCUT2D eigenvalue weighted by atomic mass is 14.1. The van der Waals surface area contributed by atoms with Gasteiger partial charge < -0.3 is 0 Å². The maximum atomic E-state index is 5.53. The lowest BCUT2D eigenvalue weighted by Crippen LogP contribution is -1.99. The van der Waals surface area contributed by atoms with Gasteiger partial charge in [-0.05, 0) is 18.8 Å². The summed E-state index contributed by atoms with van der Waals surface area (Å²) >= 11 is 0. The molecule has 1 aliphatic carbocycles. The Morgan fingerprint density at radius 3 is 2.45 bits per heavy atom. The lowest BCUT2D eigenvalue weighted by molar-refractivity contribution is 0.700. The largest absolute Gasteiger partial charge is 0.0785 e. The van der Waals surface area contributed by atoms with Crippen LogP contribution in [0.5, 0.6) is 0 Å². The van der Waals surface area contributed by atoms with Crippen LogP contribution in [0, 0.1) is 5.92 Å². The quantitative estimate of drug-likeness (QED) is 0.525. The Bertz CT molecular complexity index is 187. The molecular formula is C10H15B. The minimum absolute atomic E-state index is 0.700. The van der Waals surface area contributed by atoms with Gasteiger partial charge in [0.25, 0.3) is 0 Å². The van der Waals surface area contributed by atoms with E-state index in [2.05, 4.69) is 26.0 Å². The average molecular weight is 146 g/mol. The molecule has 0 N–H and O–H groups in total. The van der Waals surface area contributed by atoms with Crippen molar-refractivity contribution in [2.75, 3.05) is 0 Å². The van der Waals surface area contributed by atoms with Gasteiger partial charge in [0, 0.05) is 0 Å². The number of rotatable bonds is 2. The van der Waals surface area contributed by atoms with E-state index in [0.717, 1.165) is 6.32 Å². The summed E-state index contributed by atoms with van der Waals surface area (Å²) in [6.07, 6.45) is 7.51. The normalized spacial score (nSPS) is 18.1. The zero-order valence-electron chi connectivity index (χ0n) is 7.43. The van der Waals surface area contributed by atoms with Crippen molar-refractivity contribution in [3.8, 4) is 0 Å². The predicted molar refractivity (Wildman–Crippen MR) is 50.8 cm³/mol. The van der Waals surface area contributed by atoms with Gasteiger partial charge in [0.2, 0.25) is 0 Å². The van der Waals surface area contributed by atoms with Gasteiger partial charge in [0.05, 0.1) is 7.85 Å². The molecule has 0 aliphatic heterocycles. The number of hydrogen-bond acceptors (Lipinski definition) is 0. The van der Waals surface area contributed by atoms with E-state index >= 15 is 0 Å².